The predicted molar refractivity (Wildman–Crippen MR) is 78.9 cm³/mol. The minimum atomic E-state index is 0.659. The van der Waals surface area contributed by atoms with Crippen LogP contribution in [0.4, 0.5) is 0 Å². The van der Waals surface area contributed by atoms with Gasteiger partial charge in [0.2, 0.25) is 0 Å². The Balaban J connectivity index is 1.67. The van der Waals surface area contributed by atoms with E-state index in [1.807, 2.05) is 12.4 Å². The van der Waals surface area contributed by atoms with E-state index in [1.54, 1.807) is 6.20 Å². The van der Waals surface area contributed by atoms with E-state index in [0.717, 1.165) is 22.7 Å². The fraction of sp³-hybridized carbons (Fsp3) is 0.571. The van der Waals surface area contributed by atoms with E-state index in [0.29, 0.717) is 6.04 Å². The number of fused-ring (bicyclic) bond motifs is 1. The summed E-state index contributed by atoms with van der Waals surface area (Å²) in [6.45, 7) is 3.22. The molecule has 1 saturated carbocycles. The van der Waals surface area contributed by atoms with Crippen LogP contribution in [0.25, 0.3) is 5.65 Å². The first kappa shape index (κ1) is 13.1. The molecule has 0 atom stereocenters. The molecule has 0 radical (unpaired) electrons. The van der Waals surface area contributed by atoms with Crippen molar-refractivity contribution in [2.45, 2.75) is 45.2 Å². The van der Waals surface area contributed by atoms with Gasteiger partial charge in [0, 0.05) is 18.8 Å². The molecule has 1 fully saturated rings. The average molecular weight is 323 g/mol. The van der Waals surface area contributed by atoms with Gasteiger partial charge in [-0.2, -0.15) is 0 Å². The first-order valence-electron chi connectivity index (χ1n) is 6.93. The number of hydrogen-bond donors (Lipinski definition) is 1. The van der Waals surface area contributed by atoms with Crippen molar-refractivity contribution in [3.8, 4) is 0 Å². The molecule has 19 heavy (non-hydrogen) atoms. The minimum Gasteiger partial charge on any atom is -0.308 e. The molecule has 0 aromatic carbocycles. The molecule has 1 N–H and O–H groups in total. The van der Waals surface area contributed by atoms with Crippen molar-refractivity contribution in [2.75, 3.05) is 0 Å². The predicted octanol–water partition coefficient (Wildman–Crippen LogP) is 3.16. The quantitative estimate of drug-likeness (QED) is 0.943. The average Bonchev–Trinajstić information content (AvgIpc) is 2.80. The lowest BCUT2D eigenvalue weighted by Crippen LogP contribution is -2.32. The van der Waals surface area contributed by atoms with Crippen LogP contribution in [0.15, 0.2) is 23.2 Å². The summed E-state index contributed by atoms with van der Waals surface area (Å²) in [6, 6.07) is 0.659. The van der Waals surface area contributed by atoms with E-state index in [2.05, 4.69) is 42.5 Å². The molecule has 0 aliphatic heterocycles. The van der Waals surface area contributed by atoms with E-state index < -0.39 is 0 Å². The maximum absolute atomic E-state index is 4.38. The van der Waals surface area contributed by atoms with E-state index in [4.69, 9.17) is 0 Å². The number of imidazole rings is 1. The molecule has 3 rings (SSSR count). The largest absolute Gasteiger partial charge is 0.308 e. The fourth-order valence-corrected chi connectivity index (χ4v) is 3.07. The van der Waals surface area contributed by atoms with Crippen molar-refractivity contribution >= 4 is 21.6 Å². The molecular weight excluding hydrogens is 304 g/mol. The van der Waals surface area contributed by atoms with E-state index >= 15 is 0 Å². The zero-order valence-corrected chi connectivity index (χ0v) is 12.7. The highest BCUT2D eigenvalue weighted by Crippen LogP contribution is 2.23. The van der Waals surface area contributed by atoms with Gasteiger partial charge < -0.3 is 5.32 Å². The summed E-state index contributed by atoms with van der Waals surface area (Å²) in [5.74, 6) is 0.899. The van der Waals surface area contributed by atoms with Crippen LogP contribution in [0.3, 0.4) is 0 Å². The lowest BCUT2D eigenvalue weighted by Gasteiger charge is -2.26. The van der Waals surface area contributed by atoms with Crippen LogP contribution in [0, 0.1) is 5.92 Å². The number of halogens is 1. The van der Waals surface area contributed by atoms with Crippen LogP contribution in [0.5, 0.6) is 0 Å². The fourth-order valence-electron chi connectivity index (χ4n) is 2.76. The van der Waals surface area contributed by atoms with Crippen LogP contribution in [0.2, 0.25) is 0 Å². The number of aromatic nitrogens is 3. The maximum atomic E-state index is 4.38. The van der Waals surface area contributed by atoms with Gasteiger partial charge in [-0.15, -0.1) is 0 Å². The van der Waals surface area contributed by atoms with Gasteiger partial charge in [0.25, 0.3) is 0 Å². The van der Waals surface area contributed by atoms with Crippen LogP contribution < -0.4 is 5.32 Å². The second-order valence-electron chi connectivity index (χ2n) is 5.53. The zero-order valence-electron chi connectivity index (χ0n) is 11.1. The molecule has 0 spiro atoms. The SMILES string of the molecule is CC1CCC(NCc2cnc3cnc(Br)cn23)CC1. The molecule has 1 aliphatic rings. The summed E-state index contributed by atoms with van der Waals surface area (Å²) >= 11 is 3.41. The number of nitrogens with one attached hydrogen (secondary N) is 1. The van der Waals surface area contributed by atoms with Gasteiger partial charge in [0.15, 0.2) is 5.65 Å². The lowest BCUT2D eigenvalue weighted by molar-refractivity contribution is 0.305. The smallest absolute Gasteiger partial charge is 0.155 e. The second kappa shape index (κ2) is 5.59. The number of hydrogen-bond acceptors (Lipinski definition) is 3. The monoisotopic (exact) mass is 322 g/mol. The first-order valence-corrected chi connectivity index (χ1v) is 7.72. The third-order valence-electron chi connectivity index (χ3n) is 4.03. The van der Waals surface area contributed by atoms with Gasteiger partial charge in [-0.25, -0.2) is 9.97 Å². The van der Waals surface area contributed by atoms with Gasteiger partial charge in [0.05, 0.1) is 18.1 Å². The molecule has 4 nitrogen and oxygen atoms in total. The molecule has 2 heterocycles. The van der Waals surface area contributed by atoms with Crippen molar-refractivity contribution in [3.05, 3.63) is 28.9 Å². The Morgan fingerprint density at radius 3 is 2.84 bits per heavy atom. The van der Waals surface area contributed by atoms with E-state index in [1.165, 1.54) is 31.4 Å². The minimum absolute atomic E-state index is 0.659. The Morgan fingerprint density at radius 2 is 2.05 bits per heavy atom. The van der Waals surface area contributed by atoms with Crippen molar-refractivity contribution in [1.29, 1.82) is 0 Å². The van der Waals surface area contributed by atoms with Gasteiger partial charge in [-0.1, -0.05) is 6.92 Å². The Labute approximate surface area is 121 Å². The van der Waals surface area contributed by atoms with Gasteiger partial charge >= 0.3 is 0 Å². The van der Waals surface area contributed by atoms with Crippen molar-refractivity contribution in [3.63, 3.8) is 0 Å². The highest BCUT2D eigenvalue weighted by molar-refractivity contribution is 9.10. The van der Waals surface area contributed by atoms with Crippen molar-refractivity contribution in [1.82, 2.24) is 19.7 Å². The Morgan fingerprint density at radius 1 is 1.26 bits per heavy atom. The van der Waals surface area contributed by atoms with Crippen LogP contribution in [0.1, 0.15) is 38.3 Å². The van der Waals surface area contributed by atoms with Gasteiger partial charge in [-0.3, -0.25) is 4.40 Å². The Kier molecular flexibility index (Phi) is 3.84. The molecule has 0 saturated heterocycles. The standard InChI is InChI=1S/C14H19BrN4/c1-10-2-4-11(5-3-10)16-6-12-7-18-14-8-17-13(15)9-19(12)14/h7-11,16H,2-6H2,1H3. The molecule has 2 aromatic heterocycles. The normalized spacial score (nSPS) is 23.9. The van der Waals surface area contributed by atoms with Crippen LogP contribution in [-0.2, 0) is 6.54 Å². The third-order valence-corrected chi connectivity index (χ3v) is 4.44. The summed E-state index contributed by atoms with van der Waals surface area (Å²) < 4.78 is 2.93. The summed E-state index contributed by atoms with van der Waals surface area (Å²) in [6.07, 6.45) is 11.0. The maximum Gasteiger partial charge on any atom is 0.155 e. The summed E-state index contributed by atoms with van der Waals surface area (Å²) in [5.41, 5.74) is 2.09. The second-order valence-corrected chi connectivity index (χ2v) is 6.34. The number of rotatable bonds is 3. The molecule has 0 amide bonds. The molecule has 0 unspecified atom stereocenters. The van der Waals surface area contributed by atoms with Crippen molar-refractivity contribution < 1.29 is 0 Å². The summed E-state index contributed by atoms with van der Waals surface area (Å²) in [7, 11) is 0. The Hall–Kier alpha value is -0.940. The van der Waals surface area contributed by atoms with E-state index in [-0.39, 0.29) is 0 Å². The Bertz CT molecular complexity index is 558. The van der Waals surface area contributed by atoms with Gasteiger partial charge in [-0.05, 0) is 47.5 Å². The van der Waals surface area contributed by atoms with Crippen LogP contribution in [-0.4, -0.2) is 20.4 Å². The molecular formula is C14H19BrN4. The molecule has 2 aromatic rings. The van der Waals surface area contributed by atoms with Crippen molar-refractivity contribution in [2.24, 2.45) is 5.92 Å². The zero-order chi connectivity index (χ0) is 13.2. The highest BCUT2D eigenvalue weighted by Gasteiger charge is 2.17. The summed E-state index contributed by atoms with van der Waals surface area (Å²) in [5, 5.41) is 3.66. The molecule has 5 heteroatoms. The first-order chi connectivity index (χ1) is 9.22. The third kappa shape index (κ3) is 2.98. The molecule has 1 aliphatic carbocycles. The molecule has 102 valence electrons. The number of nitrogens with zero attached hydrogens (tertiary/aromatic N) is 3. The van der Waals surface area contributed by atoms with Crippen LogP contribution >= 0.6 is 15.9 Å². The summed E-state index contributed by atoms with van der Waals surface area (Å²) in [4.78, 5) is 8.57. The highest BCUT2D eigenvalue weighted by atomic mass is 79.9. The molecule has 0 bridgehead atoms. The topological polar surface area (TPSA) is 42.2 Å². The lowest BCUT2D eigenvalue weighted by atomic mass is 9.87. The van der Waals surface area contributed by atoms with E-state index in [9.17, 15) is 0 Å². The van der Waals surface area contributed by atoms with Gasteiger partial charge in [0.1, 0.15) is 4.60 Å².